The van der Waals surface area contributed by atoms with Crippen LogP contribution in [0.4, 0.5) is 47.8 Å². The van der Waals surface area contributed by atoms with Crippen LogP contribution in [-0.2, 0) is 35.2 Å². The zero-order valence-electron chi connectivity index (χ0n) is 62.2. The Balaban J connectivity index is 0.000000147. The number of halogens is 7. The van der Waals surface area contributed by atoms with Crippen LogP contribution in [0.1, 0.15) is 152 Å². The first-order valence-electron chi connectivity index (χ1n) is 36.6. The van der Waals surface area contributed by atoms with Gasteiger partial charge in [0.1, 0.15) is 64.8 Å². The maximum Gasteiger partial charge on any atom is 0.303 e. The summed E-state index contributed by atoms with van der Waals surface area (Å²) in [4.78, 5) is 43.7. The number of amides is 3. The van der Waals surface area contributed by atoms with Gasteiger partial charge in [-0.2, -0.15) is 40.7 Å². The summed E-state index contributed by atoms with van der Waals surface area (Å²) in [7, 11) is -9.45. The third-order valence-electron chi connectivity index (χ3n) is 20.4. The number of hydrogen-bond donors (Lipinski definition) is 3. The molecule has 3 N–H and O–H groups in total. The van der Waals surface area contributed by atoms with E-state index < -0.39 is 113 Å². The average molecular weight is 1620 g/mol. The average Bonchev–Trinajstić information content (AvgIpc) is 1.61. The molecule has 27 nitrogen and oxygen atoms in total. The molecule has 7 atom stereocenters. The monoisotopic (exact) mass is 1620 g/mol. The Morgan fingerprint density at radius 2 is 0.964 bits per heavy atom. The van der Waals surface area contributed by atoms with Gasteiger partial charge < -0.3 is 33.6 Å². The second-order valence-corrected chi connectivity index (χ2v) is 35.4. The molecule has 6 aliphatic rings. The molecule has 3 amide bonds. The predicted molar refractivity (Wildman–Crippen MR) is 401 cm³/mol. The van der Waals surface area contributed by atoms with Crippen molar-refractivity contribution in [2.24, 2.45) is 5.92 Å². The first-order valence-corrected chi connectivity index (χ1v) is 40.9. The Morgan fingerprint density at radius 3 is 1.43 bits per heavy atom. The molecule has 1 unspecified atom stereocenters. The number of pyridine rings is 3. The molecule has 2 saturated carbocycles. The normalized spacial score (nSPS) is 20.8. The molecule has 0 bridgehead atoms. The van der Waals surface area contributed by atoms with Crippen molar-refractivity contribution in [3.8, 4) is 17.2 Å². The van der Waals surface area contributed by atoms with Crippen LogP contribution in [0.15, 0.2) is 122 Å². The quantitative estimate of drug-likeness (QED) is 0.0501. The van der Waals surface area contributed by atoms with E-state index in [2.05, 4.69) is 20.0 Å². The fraction of sp³-hybridized carbons (Fsp3) is 0.440. The van der Waals surface area contributed by atoms with Crippen LogP contribution in [0, 0.1) is 29.2 Å². The summed E-state index contributed by atoms with van der Waals surface area (Å²) in [5.41, 5.74) is 2.91. The molecule has 6 aromatic heterocycles. The lowest BCUT2D eigenvalue weighted by atomic mass is 10.0. The van der Waals surface area contributed by atoms with E-state index in [1.807, 2.05) is 19.2 Å². The SMILES string of the molecule is CC(C)(C)S(=O)(=O)NC(=O)c1cnn2ccc(N3C[C@@H](F)C[C@@H]3c3cc(F)ccc3OCC3CC3)cc12.CCN(C)S(=O)(=O)NC(=O)c1cnn2ccc(N3C[C@@H](F)C[C@@H]3c3cc(F)ccc3OC3CC3)cc12.CCN(C)S(=O)(=O)NC(=O)c1cnn2ccc(N3C[C@@H](F)C[C@@H]3c3cc(F)ccc3OC3CCOC3)c(F)c12. The summed E-state index contributed by atoms with van der Waals surface area (Å²) >= 11 is 0. The number of benzene rings is 3. The molecule has 4 saturated heterocycles. The number of alkyl halides is 3. The molecule has 600 valence electrons. The Hall–Kier alpha value is -9.82. The highest BCUT2D eigenvalue weighted by atomic mass is 32.2. The van der Waals surface area contributed by atoms with Gasteiger partial charge in [0.15, 0.2) is 5.82 Å². The molecule has 9 aromatic rings. The molecule has 15 rings (SSSR count). The van der Waals surface area contributed by atoms with Crippen LogP contribution in [0.2, 0.25) is 0 Å². The number of nitrogens with zero attached hydrogens (tertiary/aromatic N) is 11. The Labute approximate surface area is 642 Å². The molecule has 37 heteroatoms. The molecular weight excluding hydrogens is 1530 g/mol. The molecule has 3 aromatic carbocycles. The van der Waals surface area contributed by atoms with Crippen molar-refractivity contribution in [3.05, 3.63) is 179 Å². The van der Waals surface area contributed by atoms with E-state index in [0.717, 1.165) is 45.0 Å². The van der Waals surface area contributed by atoms with E-state index in [1.54, 1.807) is 62.6 Å². The van der Waals surface area contributed by atoms with Crippen LogP contribution in [0.25, 0.3) is 16.6 Å². The van der Waals surface area contributed by atoms with Gasteiger partial charge in [-0.25, -0.2) is 66.9 Å². The van der Waals surface area contributed by atoms with Gasteiger partial charge in [-0.05, 0) is 137 Å². The zero-order chi connectivity index (χ0) is 80.0. The van der Waals surface area contributed by atoms with Gasteiger partial charge in [-0.15, -0.1) is 0 Å². The first kappa shape index (κ1) is 80.2. The van der Waals surface area contributed by atoms with Crippen LogP contribution in [-0.4, -0.2) is 183 Å². The van der Waals surface area contributed by atoms with Crippen molar-refractivity contribution < 1.29 is 89.3 Å². The lowest BCUT2D eigenvalue weighted by molar-refractivity contribution is 0.0971. The molecule has 4 aliphatic heterocycles. The number of fused-ring (bicyclic) bond motifs is 3. The first-order chi connectivity index (χ1) is 53.2. The summed E-state index contributed by atoms with van der Waals surface area (Å²) < 4.78 is 212. The number of hydrogen-bond acceptors (Lipinski definition) is 19. The van der Waals surface area contributed by atoms with E-state index in [-0.39, 0.29) is 92.1 Å². The lowest BCUT2D eigenvalue weighted by Crippen LogP contribution is -2.42. The van der Waals surface area contributed by atoms with E-state index >= 15 is 4.39 Å². The summed E-state index contributed by atoms with van der Waals surface area (Å²) in [5, 5.41) is 12.3. The number of nitrogens with one attached hydrogen (secondary N) is 3. The van der Waals surface area contributed by atoms with Gasteiger partial charge in [0, 0.05) is 119 Å². The van der Waals surface area contributed by atoms with Gasteiger partial charge in [0.2, 0.25) is 10.0 Å². The van der Waals surface area contributed by atoms with Gasteiger partial charge in [0.25, 0.3) is 17.7 Å². The number of carbonyl (C=O) groups excluding carboxylic acids is 3. The van der Waals surface area contributed by atoms with E-state index in [0.29, 0.717) is 88.5 Å². The Morgan fingerprint density at radius 1 is 0.536 bits per heavy atom. The molecule has 10 heterocycles. The highest BCUT2D eigenvalue weighted by Crippen LogP contribution is 2.47. The van der Waals surface area contributed by atoms with Crippen molar-refractivity contribution in [3.63, 3.8) is 0 Å². The number of anilines is 3. The fourth-order valence-electron chi connectivity index (χ4n) is 13.6. The molecule has 6 fully saturated rings. The van der Waals surface area contributed by atoms with E-state index in [1.165, 1.54) is 116 Å². The molecule has 112 heavy (non-hydrogen) atoms. The van der Waals surface area contributed by atoms with Gasteiger partial charge >= 0.3 is 20.4 Å². The smallest absolute Gasteiger partial charge is 0.303 e. The maximum atomic E-state index is 16.1. The van der Waals surface area contributed by atoms with E-state index in [4.69, 9.17) is 18.9 Å². The number of aromatic nitrogens is 6. The number of carbonyl (C=O) groups is 3. The van der Waals surface area contributed by atoms with Crippen LogP contribution in [0.3, 0.4) is 0 Å². The third-order valence-corrected chi connectivity index (χ3v) is 25.5. The van der Waals surface area contributed by atoms with Crippen molar-refractivity contribution in [1.29, 1.82) is 0 Å². The highest BCUT2D eigenvalue weighted by Gasteiger charge is 2.42. The minimum Gasteiger partial charge on any atom is -0.493 e. The Kier molecular flexibility index (Phi) is 23.2. The second kappa shape index (κ2) is 32.3. The highest BCUT2D eigenvalue weighted by molar-refractivity contribution is 7.91. The zero-order valence-corrected chi connectivity index (χ0v) is 64.6. The van der Waals surface area contributed by atoms with Gasteiger partial charge in [-0.1, -0.05) is 13.8 Å². The minimum atomic E-state index is -4.16. The standard InChI is InChI=1S/C26H30F2N4O4S.C25H28F3N5O5S.C24H27F2N5O4S/c1-26(2,3)37(34,35)30-25(33)21-13-29-32-9-8-19(12-23(21)32)31-14-18(28)11-22(31)20-10-17(27)6-7-24(20)36-15-16-4-5-16;1-3-31(2)39(35,36)30-25(34)19-12-29-33-8-6-20(23(28)24(19)33)32-13-16(27)11-21(32)18-10-15(26)4-5-22(18)38-17-7-9-37-14-17;1-3-29(2)36(33,34)28-24(32)20-13-27-31-9-8-17(12-22(20)31)30-14-16(26)11-21(30)19-10-15(25)4-7-23(19)35-18-5-6-18/h6-10,12-13,16,18,22H,4-5,11,14-15H2,1-3H3,(H,30,33);4-6,8,10,12,16-17,21H,3,7,9,11,13-14H2,1-2H3,(H,30,34);4,7-10,12-13,16,18,21H,3,5-6,11,14H2,1-2H3,(H,28,32)/t18-,22+;16-,17?,21+;16-,21+/m000/s1. The number of rotatable bonds is 23. The molecule has 2 aliphatic carbocycles. The predicted octanol–water partition coefficient (Wildman–Crippen LogP) is 10.6. The molecular formula is C75H85F7N14O13S3. The third kappa shape index (κ3) is 17.5. The Bertz CT molecular complexity index is 5390. The largest absolute Gasteiger partial charge is 0.493 e. The number of sulfonamides is 1. The van der Waals surface area contributed by atoms with E-state index in [9.17, 15) is 66.0 Å². The maximum absolute atomic E-state index is 16.1. The second-order valence-electron chi connectivity index (χ2n) is 29.4. The molecule has 0 radical (unpaired) electrons. The van der Waals surface area contributed by atoms with Gasteiger partial charge in [0.05, 0.1) is 101 Å². The number of ether oxygens (including phenoxy) is 4. The summed E-state index contributed by atoms with van der Waals surface area (Å²) in [6.45, 7) is 9.43. The van der Waals surface area contributed by atoms with Crippen molar-refractivity contribution in [2.75, 3.05) is 81.3 Å². The van der Waals surface area contributed by atoms with Gasteiger partial charge in [-0.3, -0.25) is 14.4 Å². The summed E-state index contributed by atoms with van der Waals surface area (Å²) in [6.07, 6.45) is 9.47. The summed E-state index contributed by atoms with van der Waals surface area (Å²) in [6, 6.07) is 19.0. The van der Waals surface area contributed by atoms with Crippen molar-refractivity contribution in [1.82, 2.24) is 51.6 Å². The topological polar surface area (TPSA) is 295 Å². The molecule has 0 spiro atoms. The lowest BCUT2D eigenvalue weighted by Gasteiger charge is -2.29. The van der Waals surface area contributed by atoms with Crippen LogP contribution >= 0.6 is 0 Å². The van der Waals surface area contributed by atoms with Crippen LogP contribution in [0.5, 0.6) is 17.2 Å². The summed E-state index contributed by atoms with van der Waals surface area (Å²) in [5.74, 6) is -3.07. The minimum absolute atomic E-state index is 0.0419. The fourth-order valence-corrected chi connectivity index (χ4v) is 16.0. The van der Waals surface area contributed by atoms with Crippen molar-refractivity contribution in [2.45, 2.75) is 140 Å². The van der Waals surface area contributed by atoms with Crippen molar-refractivity contribution >= 4 is 81.8 Å². The van der Waals surface area contributed by atoms with Crippen LogP contribution < -0.4 is 43.1 Å².